The molecule has 4 aromatic rings. The summed E-state index contributed by atoms with van der Waals surface area (Å²) in [5.41, 5.74) is 4.68. The van der Waals surface area contributed by atoms with Crippen LogP contribution in [0.25, 0.3) is 10.9 Å². The Kier molecular flexibility index (Phi) is 5.31. The average molecular weight is 456 g/mol. The Labute approximate surface area is 199 Å². The molecule has 34 heavy (non-hydrogen) atoms. The highest BCUT2D eigenvalue weighted by Gasteiger charge is 2.53. The number of anilines is 1. The van der Waals surface area contributed by atoms with Gasteiger partial charge in [0.2, 0.25) is 5.60 Å². The van der Waals surface area contributed by atoms with E-state index in [0.717, 1.165) is 40.0 Å². The third-order valence-corrected chi connectivity index (χ3v) is 6.67. The molecule has 6 nitrogen and oxygen atoms in total. The molecule has 1 aliphatic heterocycles. The van der Waals surface area contributed by atoms with Crippen LogP contribution < -0.4 is 9.64 Å². The summed E-state index contributed by atoms with van der Waals surface area (Å²) in [6, 6.07) is 17.9. The minimum absolute atomic E-state index is 0.380. The second kappa shape index (κ2) is 8.20. The number of aryl methyl sites for hydroxylation is 1. The van der Waals surface area contributed by atoms with E-state index >= 15 is 0 Å². The maximum atomic E-state index is 13.3. The van der Waals surface area contributed by atoms with Gasteiger partial charge < -0.3 is 18.9 Å². The van der Waals surface area contributed by atoms with Crippen LogP contribution in [0.3, 0.4) is 0 Å². The molecule has 0 bridgehead atoms. The van der Waals surface area contributed by atoms with Gasteiger partial charge in [-0.3, -0.25) is 4.98 Å². The summed E-state index contributed by atoms with van der Waals surface area (Å²) < 4.78 is 14.8. The van der Waals surface area contributed by atoms with E-state index in [4.69, 9.17) is 14.5 Å². The van der Waals surface area contributed by atoms with E-state index in [1.165, 1.54) is 0 Å². The molecule has 0 aliphatic carbocycles. The summed E-state index contributed by atoms with van der Waals surface area (Å²) >= 11 is 0. The van der Waals surface area contributed by atoms with Crippen LogP contribution in [-0.2, 0) is 16.9 Å². The highest BCUT2D eigenvalue weighted by atomic mass is 16.6. The summed E-state index contributed by atoms with van der Waals surface area (Å²) in [4.78, 5) is 20.0. The maximum absolute atomic E-state index is 13.3. The van der Waals surface area contributed by atoms with Crippen LogP contribution in [-0.4, -0.2) is 36.2 Å². The second-order valence-corrected chi connectivity index (χ2v) is 8.70. The number of rotatable bonds is 6. The van der Waals surface area contributed by atoms with Crippen LogP contribution in [0.15, 0.2) is 60.8 Å². The van der Waals surface area contributed by atoms with Gasteiger partial charge >= 0.3 is 5.97 Å². The molecule has 0 N–H and O–H groups in total. The lowest BCUT2D eigenvalue weighted by atomic mass is 9.80. The Morgan fingerprint density at radius 2 is 1.88 bits per heavy atom. The Morgan fingerprint density at radius 3 is 2.62 bits per heavy atom. The number of pyridine rings is 1. The van der Waals surface area contributed by atoms with Gasteiger partial charge in [-0.05, 0) is 51.1 Å². The number of benzene rings is 2. The van der Waals surface area contributed by atoms with Crippen molar-refractivity contribution in [2.75, 3.05) is 25.6 Å². The predicted octanol–water partition coefficient (Wildman–Crippen LogP) is 5.29. The summed E-state index contributed by atoms with van der Waals surface area (Å²) in [5, 5.41) is 1.03. The lowest BCUT2D eigenvalue weighted by Crippen LogP contribution is -2.32. The second-order valence-electron chi connectivity index (χ2n) is 8.70. The highest BCUT2D eigenvalue weighted by Crippen LogP contribution is 2.52. The Hall–Kier alpha value is -3.80. The van der Waals surface area contributed by atoms with Gasteiger partial charge in [-0.1, -0.05) is 18.2 Å². The molecular formula is C28H29N3O3. The van der Waals surface area contributed by atoms with Crippen molar-refractivity contribution in [2.45, 2.75) is 32.9 Å². The van der Waals surface area contributed by atoms with E-state index < -0.39 is 5.60 Å². The summed E-state index contributed by atoms with van der Waals surface area (Å²) in [6.45, 7) is 7.45. The minimum Gasteiger partial charge on any atom is -0.493 e. The molecule has 2 aromatic heterocycles. The number of esters is 1. The van der Waals surface area contributed by atoms with E-state index in [-0.39, 0.29) is 5.97 Å². The van der Waals surface area contributed by atoms with Crippen molar-refractivity contribution < 1.29 is 14.3 Å². The maximum Gasteiger partial charge on any atom is 0.341 e. The van der Waals surface area contributed by atoms with Crippen LogP contribution in [0.4, 0.5) is 5.69 Å². The van der Waals surface area contributed by atoms with E-state index in [0.29, 0.717) is 23.6 Å². The van der Waals surface area contributed by atoms with Gasteiger partial charge in [0, 0.05) is 66.3 Å². The van der Waals surface area contributed by atoms with E-state index in [1.54, 1.807) is 18.3 Å². The highest BCUT2D eigenvalue weighted by molar-refractivity contribution is 5.98. The fourth-order valence-electron chi connectivity index (χ4n) is 5.22. The molecule has 3 heterocycles. The number of carbonyl (C=O) groups is 1. The third kappa shape index (κ3) is 3.01. The molecule has 0 saturated carbocycles. The number of fused-ring (bicyclic) bond motifs is 2. The molecule has 1 atom stereocenters. The monoisotopic (exact) mass is 455 g/mol. The van der Waals surface area contributed by atoms with E-state index in [2.05, 4.69) is 30.5 Å². The van der Waals surface area contributed by atoms with Gasteiger partial charge in [-0.2, -0.15) is 0 Å². The molecule has 0 fully saturated rings. The van der Waals surface area contributed by atoms with Crippen molar-refractivity contribution in [3.8, 4) is 5.75 Å². The topological polar surface area (TPSA) is 56.6 Å². The van der Waals surface area contributed by atoms with Crippen molar-refractivity contribution in [3.05, 3.63) is 88.9 Å². The molecule has 5 rings (SSSR count). The molecule has 0 radical (unpaired) electrons. The van der Waals surface area contributed by atoms with Crippen LogP contribution in [0.1, 0.15) is 46.7 Å². The quantitative estimate of drug-likeness (QED) is 0.370. The van der Waals surface area contributed by atoms with Gasteiger partial charge in [-0.25, -0.2) is 4.79 Å². The molecule has 0 saturated heterocycles. The van der Waals surface area contributed by atoms with Crippen molar-refractivity contribution in [2.24, 2.45) is 0 Å². The van der Waals surface area contributed by atoms with Gasteiger partial charge in [0.1, 0.15) is 11.4 Å². The van der Waals surface area contributed by atoms with Crippen molar-refractivity contribution >= 4 is 22.6 Å². The first-order valence-electron chi connectivity index (χ1n) is 11.7. The fourth-order valence-corrected chi connectivity index (χ4v) is 5.22. The normalized spacial score (nSPS) is 17.0. The number of aromatic nitrogens is 2. The Morgan fingerprint density at radius 1 is 1.09 bits per heavy atom. The van der Waals surface area contributed by atoms with Gasteiger partial charge in [0.05, 0.1) is 12.2 Å². The predicted molar refractivity (Wildman–Crippen MR) is 134 cm³/mol. The number of hydrogen-bond donors (Lipinski definition) is 0. The summed E-state index contributed by atoms with van der Waals surface area (Å²) in [5.74, 6) is 0.294. The van der Waals surface area contributed by atoms with Crippen molar-refractivity contribution in [1.82, 2.24) is 9.55 Å². The standard InChI is InChI=1S/C28H29N3O3/c1-6-31-18(3)25(20-11-8-9-13-23(20)31)28(26-21(27(32)34-28)12-10-16-29-26)22-15-14-19(30(4)5)17-24(22)33-7-2/h8-17H,6-7H2,1-5H3. The average Bonchev–Trinajstić information content (AvgIpc) is 3.30. The smallest absolute Gasteiger partial charge is 0.341 e. The third-order valence-electron chi connectivity index (χ3n) is 6.67. The lowest BCUT2D eigenvalue weighted by molar-refractivity contribution is 0.0238. The zero-order valence-electron chi connectivity index (χ0n) is 20.3. The molecule has 0 spiro atoms. The van der Waals surface area contributed by atoms with Gasteiger partial charge in [0.25, 0.3) is 0 Å². The molecule has 1 aliphatic rings. The van der Waals surface area contributed by atoms with E-state index in [9.17, 15) is 4.79 Å². The fraction of sp³-hybridized carbons (Fsp3) is 0.286. The van der Waals surface area contributed by atoms with Crippen LogP contribution in [0.5, 0.6) is 5.75 Å². The first-order valence-corrected chi connectivity index (χ1v) is 11.7. The van der Waals surface area contributed by atoms with E-state index in [1.807, 2.05) is 56.3 Å². The largest absolute Gasteiger partial charge is 0.493 e. The van der Waals surface area contributed by atoms with Crippen LogP contribution >= 0.6 is 0 Å². The molecule has 2 aromatic carbocycles. The van der Waals surface area contributed by atoms with Crippen molar-refractivity contribution in [1.29, 1.82) is 0 Å². The SMILES string of the molecule is CCOc1cc(N(C)C)ccc1C1(c2c(C)n(CC)c3ccccc23)OC(=O)c2cccnc21. The first-order chi connectivity index (χ1) is 16.4. The number of para-hydroxylation sites is 1. The molecule has 1 unspecified atom stereocenters. The Balaban J connectivity index is 1.94. The number of cyclic esters (lactones) is 1. The molecule has 0 amide bonds. The lowest BCUT2D eigenvalue weighted by Gasteiger charge is -2.32. The number of hydrogen-bond acceptors (Lipinski definition) is 5. The number of carbonyl (C=O) groups excluding carboxylic acids is 1. The first kappa shape index (κ1) is 22.0. The number of ether oxygens (including phenoxy) is 2. The van der Waals surface area contributed by atoms with Gasteiger partial charge in [-0.15, -0.1) is 0 Å². The Bertz CT molecular complexity index is 1410. The van der Waals surface area contributed by atoms with Crippen molar-refractivity contribution in [3.63, 3.8) is 0 Å². The summed E-state index contributed by atoms with van der Waals surface area (Å²) in [7, 11) is 3.98. The zero-order valence-corrected chi connectivity index (χ0v) is 20.3. The minimum atomic E-state index is -1.23. The van der Waals surface area contributed by atoms with Gasteiger partial charge in [0.15, 0.2) is 0 Å². The molecular weight excluding hydrogens is 426 g/mol. The van der Waals surface area contributed by atoms with Crippen LogP contribution in [0, 0.1) is 6.92 Å². The molecule has 174 valence electrons. The number of nitrogens with zero attached hydrogens (tertiary/aromatic N) is 3. The molecule has 6 heteroatoms. The zero-order chi connectivity index (χ0) is 24.0. The summed E-state index contributed by atoms with van der Waals surface area (Å²) in [6.07, 6.45) is 1.72. The van der Waals surface area contributed by atoms with Crippen LogP contribution in [0.2, 0.25) is 0 Å².